The molecule has 1 N–H and O–H groups in total. The third-order valence-electron chi connectivity index (χ3n) is 2.18. The van der Waals surface area contributed by atoms with Crippen LogP contribution in [0.1, 0.15) is 18.2 Å². The first-order chi connectivity index (χ1) is 6.11. The second kappa shape index (κ2) is 3.60. The van der Waals surface area contributed by atoms with Crippen LogP contribution in [0, 0.1) is 6.92 Å². The lowest BCUT2D eigenvalue weighted by molar-refractivity contribution is 0.797. The molecule has 0 radical (unpaired) electrons. The number of hydrogen-bond acceptors (Lipinski definition) is 3. The molecule has 4 heteroatoms. The summed E-state index contributed by atoms with van der Waals surface area (Å²) in [4.78, 5) is 15.9. The van der Waals surface area contributed by atoms with Crippen LogP contribution in [0.15, 0.2) is 4.79 Å². The molecule has 0 aliphatic heterocycles. The Morgan fingerprint density at radius 2 is 2.15 bits per heavy atom. The fraction of sp³-hybridized carbons (Fsp3) is 0.556. The number of aryl methyl sites for hydroxylation is 1. The number of aromatic nitrogens is 2. The van der Waals surface area contributed by atoms with Crippen molar-refractivity contribution in [1.29, 1.82) is 0 Å². The van der Waals surface area contributed by atoms with Crippen LogP contribution >= 0.6 is 0 Å². The molecule has 0 fully saturated rings. The highest BCUT2D eigenvalue weighted by Crippen LogP contribution is 2.04. The first kappa shape index (κ1) is 9.77. The van der Waals surface area contributed by atoms with Gasteiger partial charge in [0.05, 0.1) is 5.69 Å². The van der Waals surface area contributed by atoms with E-state index in [4.69, 9.17) is 0 Å². The summed E-state index contributed by atoms with van der Waals surface area (Å²) in [5, 5.41) is 2.89. The molecule has 0 aliphatic carbocycles. The van der Waals surface area contributed by atoms with Crippen LogP contribution in [0.5, 0.6) is 0 Å². The SMILES string of the molecule is CCc1nc(NC)n(C)c(=O)c1C. The topological polar surface area (TPSA) is 46.9 Å². The Morgan fingerprint density at radius 3 is 2.62 bits per heavy atom. The van der Waals surface area contributed by atoms with E-state index in [0.29, 0.717) is 5.95 Å². The highest BCUT2D eigenvalue weighted by molar-refractivity contribution is 5.30. The third kappa shape index (κ3) is 1.56. The maximum Gasteiger partial charge on any atom is 0.257 e. The van der Waals surface area contributed by atoms with Crippen molar-refractivity contribution in [1.82, 2.24) is 9.55 Å². The lowest BCUT2D eigenvalue weighted by Gasteiger charge is -2.09. The molecule has 0 aliphatic rings. The summed E-state index contributed by atoms with van der Waals surface area (Å²) < 4.78 is 1.52. The summed E-state index contributed by atoms with van der Waals surface area (Å²) in [5.41, 5.74) is 1.63. The predicted molar refractivity (Wildman–Crippen MR) is 53.1 cm³/mol. The van der Waals surface area contributed by atoms with Gasteiger partial charge in [0.1, 0.15) is 0 Å². The van der Waals surface area contributed by atoms with E-state index in [2.05, 4.69) is 10.3 Å². The summed E-state index contributed by atoms with van der Waals surface area (Å²) in [6, 6.07) is 0. The number of hydrogen-bond donors (Lipinski definition) is 1. The second-order valence-electron chi connectivity index (χ2n) is 2.97. The van der Waals surface area contributed by atoms with E-state index in [-0.39, 0.29) is 5.56 Å². The maximum atomic E-state index is 11.6. The van der Waals surface area contributed by atoms with Crippen LogP contribution in [0.4, 0.5) is 5.95 Å². The fourth-order valence-corrected chi connectivity index (χ4v) is 1.33. The van der Waals surface area contributed by atoms with Gasteiger partial charge >= 0.3 is 0 Å². The number of rotatable bonds is 2. The van der Waals surface area contributed by atoms with Gasteiger partial charge in [-0.2, -0.15) is 0 Å². The molecule has 13 heavy (non-hydrogen) atoms. The Balaban J connectivity index is 3.46. The molecule has 1 heterocycles. The average molecular weight is 181 g/mol. The van der Waals surface area contributed by atoms with Crippen molar-refractivity contribution in [3.05, 3.63) is 21.6 Å². The quantitative estimate of drug-likeness (QED) is 0.730. The third-order valence-corrected chi connectivity index (χ3v) is 2.18. The minimum atomic E-state index is 0.0243. The van der Waals surface area contributed by atoms with Gasteiger partial charge in [-0.05, 0) is 13.3 Å². The van der Waals surface area contributed by atoms with E-state index < -0.39 is 0 Å². The predicted octanol–water partition coefficient (Wildman–Crippen LogP) is 0.693. The molecular weight excluding hydrogens is 166 g/mol. The Hall–Kier alpha value is -1.32. The molecule has 0 atom stereocenters. The number of nitrogens with one attached hydrogen (secondary N) is 1. The van der Waals surface area contributed by atoms with Gasteiger partial charge in [-0.25, -0.2) is 4.98 Å². The van der Waals surface area contributed by atoms with Gasteiger partial charge in [0.15, 0.2) is 0 Å². The van der Waals surface area contributed by atoms with Crippen molar-refractivity contribution in [2.24, 2.45) is 7.05 Å². The number of nitrogens with zero attached hydrogens (tertiary/aromatic N) is 2. The van der Waals surface area contributed by atoms with Crippen molar-refractivity contribution in [2.45, 2.75) is 20.3 Å². The minimum absolute atomic E-state index is 0.0243. The molecule has 0 amide bonds. The van der Waals surface area contributed by atoms with Crippen LogP contribution in [0.25, 0.3) is 0 Å². The van der Waals surface area contributed by atoms with Gasteiger partial charge in [-0.3, -0.25) is 9.36 Å². The first-order valence-electron chi connectivity index (χ1n) is 4.36. The highest BCUT2D eigenvalue weighted by atomic mass is 16.1. The van der Waals surface area contributed by atoms with E-state index in [1.54, 1.807) is 14.1 Å². The van der Waals surface area contributed by atoms with Crippen molar-refractivity contribution >= 4 is 5.95 Å². The van der Waals surface area contributed by atoms with E-state index in [1.807, 2.05) is 13.8 Å². The molecule has 0 aromatic carbocycles. The highest BCUT2D eigenvalue weighted by Gasteiger charge is 2.07. The van der Waals surface area contributed by atoms with Crippen molar-refractivity contribution in [2.75, 3.05) is 12.4 Å². The van der Waals surface area contributed by atoms with Crippen molar-refractivity contribution < 1.29 is 0 Å². The summed E-state index contributed by atoms with van der Waals surface area (Å²) in [7, 11) is 3.48. The van der Waals surface area contributed by atoms with E-state index in [0.717, 1.165) is 17.7 Å². The Labute approximate surface area is 77.6 Å². The fourth-order valence-electron chi connectivity index (χ4n) is 1.33. The largest absolute Gasteiger partial charge is 0.359 e. The Morgan fingerprint density at radius 1 is 1.54 bits per heavy atom. The maximum absolute atomic E-state index is 11.6. The van der Waals surface area contributed by atoms with Crippen molar-refractivity contribution in [3.63, 3.8) is 0 Å². The van der Waals surface area contributed by atoms with E-state index >= 15 is 0 Å². The molecule has 0 saturated carbocycles. The van der Waals surface area contributed by atoms with Crippen LogP contribution < -0.4 is 10.9 Å². The average Bonchev–Trinajstić information content (AvgIpc) is 2.15. The summed E-state index contributed by atoms with van der Waals surface area (Å²) in [6.07, 6.45) is 0.788. The standard InChI is InChI=1S/C9H15N3O/c1-5-7-6(2)8(13)12(4)9(10-3)11-7/h5H2,1-4H3,(H,10,11). The lowest BCUT2D eigenvalue weighted by atomic mass is 10.2. The van der Waals surface area contributed by atoms with Gasteiger partial charge in [-0.1, -0.05) is 6.92 Å². The molecule has 1 aromatic heterocycles. The molecule has 1 rings (SSSR count). The second-order valence-corrected chi connectivity index (χ2v) is 2.97. The Bertz CT molecular complexity index is 337. The molecule has 1 aromatic rings. The van der Waals surface area contributed by atoms with Crippen LogP contribution in [-0.2, 0) is 13.5 Å². The molecule has 72 valence electrons. The number of anilines is 1. The van der Waals surface area contributed by atoms with Gasteiger partial charge in [0.2, 0.25) is 5.95 Å². The van der Waals surface area contributed by atoms with Crippen LogP contribution in [0.2, 0.25) is 0 Å². The summed E-state index contributed by atoms with van der Waals surface area (Å²) >= 11 is 0. The summed E-state index contributed by atoms with van der Waals surface area (Å²) in [6.45, 7) is 3.81. The zero-order valence-electron chi connectivity index (χ0n) is 8.51. The van der Waals surface area contributed by atoms with Gasteiger partial charge in [0.25, 0.3) is 5.56 Å². The van der Waals surface area contributed by atoms with Gasteiger partial charge in [-0.15, -0.1) is 0 Å². The molecule has 0 spiro atoms. The molecule has 0 bridgehead atoms. The Kier molecular flexibility index (Phi) is 2.70. The normalized spacial score (nSPS) is 10.2. The van der Waals surface area contributed by atoms with Gasteiger partial charge in [0, 0.05) is 19.7 Å². The summed E-state index contributed by atoms with van der Waals surface area (Å²) in [5.74, 6) is 0.618. The van der Waals surface area contributed by atoms with Crippen molar-refractivity contribution in [3.8, 4) is 0 Å². The lowest BCUT2D eigenvalue weighted by Crippen LogP contribution is -2.25. The van der Waals surface area contributed by atoms with Gasteiger partial charge < -0.3 is 5.32 Å². The zero-order valence-corrected chi connectivity index (χ0v) is 8.51. The zero-order chi connectivity index (χ0) is 10.0. The molecule has 0 saturated heterocycles. The van der Waals surface area contributed by atoms with E-state index in [9.17, 15) is 4.79 Å². The molecular formula is C9H15N3O. The van der Waals surface area contributed by atoms with Crippen LogP contribution in [0.3, 0.4) is 0 Å². The van der Waals surface area contributed by atoms with E-state index in [1.165, 1.54) is 4.57 Å². The first-order valence-corrected chi connectivity index (χ1v) is 4.36. The minimum Gasteiger partial charge on any atom is -0.359 e. The molecule has 0 unspecified atom stereocenters. The smallest absolute Gasteiger partial charge is 0.257 e. The monoisotopic (exact) mass is 181 g/mol. The molecule has 4 nitrogen and oxygen atoms in total. The van der Waals surface area contributed by atoms with Crippen LogP contribution in [-0.4, -0.2) is 16.6 Å².